The molecule has 0 aliphatic carbocycles. The second-order valence-corrected chi connectivity index (χ2v) is 12.0. The van der Waals surface area contributed by atoms with Crippen LogP contribution < -0.4 is 20.8 Å². The first-order valence-corrected chi connectivity index (χ1v) is 13.8. The van der Waals surface area contributed by atoms with Crippen molar-refractivity contribution in [2.24, 2.45) is 0 Å². The molecule has 2 rings (SSSR count). The molecule has 0 saturated carbocycles. The van der Waals surface area contributed by atoms with Crippen LogP contribution in [0.15, 0.2) is 23.1 Å². The summed E-state index contributed by atoms with van der Waals surface area (Å²) in [5, 5.41) is 4.76. The van der Waals surface area contributed by atoms with Gasteiger partial charge < -0.3 is 15.4 Å². The van der Waals surface area contributed by atoms with Crippen LogP contribution in [-0.4, -0.2) is 73.9 Å². The highest BCUT2D eigenvalue weighted by molar-refractivity contribution is 7.89. The number of halogens is 2. The molecule has 0 aromatic heterocycles. The Labute approximate surface area is 221 Å². The number of sulfonamides is 1. The Bertz CT molecular complexity index is 1060. The molecule has 1 aliphatic rings. The molecule has 1 aromatic rings. The minimum absolute atomic E-state index is 0.0187. The van der Waals surface area contributed by atoms with E-state index in [9.17, 15) is 22.8 Å². The number of unbranched alkanes of at least 4 members (excludes halogenated alkanes) is 1. The number of alkyl halides is 2. The van der Waals surface area contributed by atoms with Crippen molar-refractivity contribution in [2.75, 3.05) is 31.5 Å². The molecule has 3 amide bonds. The minimum atomic E-state index is -3.85. The number of anilines is 1. The van der Waals surface area contributed by atoms with E-state index in [-0.39, 0.29) is 30.2 Å². The van der Waals surface area contributed by atoms with Crippen LogP contribution in [0.5, 0.6) is 0 Å². The topological polar surface area (TPSA) is 146 Å². The smallest absolute Gasteiger partial charge is 0.407 e. The largest absolute Gasteiger partial charge is 0.444 e. The molecule has 0 radical (unpaired) electrons. The molecule has 1 aromatic carbocycles. The number of carbonyl (C=O) groups is 3. The Morgan fingerprint density at radius 3 is 2.53 bits per heavy atom. The van der Waals surface area contributed by atoms with Crippen LogP contribution in [0.25, 0.3) is 0 Å². The first-order valence-electron chi connectivity index (χ1n) is 11.4. The molecule has 1 heterocycles. The first-order chi connectivity index (χ1) is 16.7. The van der Waals surface area contributed by atoms with Crippen LogP contribution in [0.2, 0.25) is 0 Å². The first kappa shape index (κ1) is 30.1. The number of nitrogens with one attached hydrogen (secondary N) is 4. The zero-order valence-corrected chi connectivity index (χ0v) is 23.0. The van der Waals surface area contributed by atoms with Gasteiger partial charge in [0, 0.05) is 25.3 Å². The monoisotopic (exact) mass is 565 g/mol. The van der Waals surface area contributed by atoms with Gasteiger partial charge in [-0.25, -0.2) is 23.4 Å². The van der Waals surface area contributed by atoms with E-state index in [4.69, 9.17) is 27.9 Å². The zero-order valence-electron chi connectivity index (χ0n) is 20.7. The standard InChI is InChI=1S/C22H33Cl2N5O6S/c1-14-7-8-15(28-18(30)13-29-20(31)19(24)16(23)12-26-29)11-17(14)36(33,34)27-10-6-5-9-25-21(32)35-22(2,3)4/h7-8,11,16,19,26-27H,5-6,9-10,12-13H2,1-4H3,(H,25,32)(H,28,30). The molecule has 0 spiro atoms. The third kappa shape index (κ3) is 9.40. The number of hydrogen-bond donors (Lipinski definition) is 4. The number of benzene rings is 1. The number of alkyl carbamates (subject to hydrolysis) is 1. The molecule has 0 bridgehead atoms. The summed E-state index contributed by atoms with van der Waals surface area (Å²) in [5.74, 6) is -1.05. The van der Waals surface area contributed by atoms with E-state index in [0.717, 1.165) is 5.01 Å². The third-order valence-electron chi connectivity index (χ3n) is 4.92. The SMILES string of the molecule is Cc1ccc(NC(=O)CN2NCC(Cl)C(Cl)C2=O)cc1S(=O)(=O)NCCCCNC(=O)OC(C)(C)C. The molecule has 1 saturated heterocycles. The van der Waals surface area contributed by atoms with Crippen LogP contribution in [0.4, 0.5) is 10.5 Å². The summed E-state index contributed by atoms with van der Waals surface area (Å²) in [4.78, 5) is 36.2. The Hall–Kier alpha value is -2.12. The normalized spacial score (nSPS) is 18.6. The van der Waals surface area contributed by atoms with E-state index in [1.54, 1.807) is 39.8 Å². The molecule has 202 valence electrons. The van der Waals surface area contributed by atoms with Gasteiger partial charge in [-0.15, -0.1) is 23.2 Å². The maximum Gasteiger partial charge on any atom is 0.407 e. The van der Waals surface area contributed by atoms with Crippen molar-refractivity contribution in [2.45, 2.75) is 61.8 Å². The Kier molecular flexibility index (Phi) is 10.8. The summed E-state index contributed by atoms with van der Waals surface area (Å²) in [6, 6.07) is 4.50. The van der Waals surface area contributed by atoms with Crippen LogP contribution in [0, 0.1) is 6.92 Å². The highest BCUT2D eigenvalue weighted by atomic mass is 35.5. The summed E-state index contributed by atoms with van der Waals surface area (Å²) < 4.78 is 33.3. The van der Waals surface area contributed by atoms with Gasteiger partial charge in [-0.1, -0.05) is 6.07 Å². The molecule has 2 atom stereocenters. The number of carbonyl (C=O) groups excluding carboxylic acids is 3. The van der Waals surface area contributed by atoms with Gasteiger partial charge in [0.2, 0.25) is 15.9 Å². The van der Waals surface area contributed by atoms with Crippen LogP contribution in [-0.2, 0) is 24.3 Å². The molecule has 2 unspecified atom stereocenters. The van der Waals surface area contributed by atoms with E-state index >= 15 is 0 Å². The van der Waals surface area contributed by atoms with Gasteiger partial charge in [0.1, 0.15) is 17.5 Å². The van der Waals surface area contributed by atoms with Crippen molar-refractivity contribution in [3.63, 3.8) is 0 Å². The molecule has 11 nitrogen and oxygen atoms in total. The average molecular weight is 567 g/mol. The fourth-order valence-electron chi connectivity index (χ4n) is 3.17. The van der Waals surface area contributed by atoms with Crippen LogP contribution in [0.3, 0.4) is 0 Å². The fraction of sp³-hybridized carbons (Fsp3) is 0.591. The lowest BCUT2D eigenvalue weighted by Gasteiger charge is -2.32. The lowest BCUT2D eigenvalue weighted by Crippen LogP contribution is -2.58. The number of hydrogen-bond acceptors (Lipinski definition) is 7. The fourth-order valence-corrected chi connectivity index (χ4v) is 4.89. The summed E-state index contributed by atoms with van der Waals surface area (Å²) in [7, 11) is -3.85. The van der Waals surface area contributed by atoms with Gasteiger partial charge in [-0.05, 0) is 58.2 Å². The maximum atomic E-state index is 12.8. The predicted octanol–water partition coefficient (Wildman–Crippen LogP) is 2.08. The third-order valence-corrected chi connectivity index (χ3v) is 7.55. The van der Waals surface area contributed by atoms with Crippen molar-refractivity contribution >= 4 is 56.8 Å². The highest BCUT2D eigenvalue weighted by Gasteiger charge is 2.34. The van der Waals surface area contributed by atoms with Gasteiger partial charge in [0.25, 0.3) is 5.91 Å². The van der Waals surface area contributed by atoms with Gasteiger partial charge in [-0.3, -0.25) is 14.6 Å². The molecule has 1 aliphatic heterocycles. The molecule has 1 fully saturated rings. The number of hydrazine groups is 1. The van der Waals surface area contributed by atoms with E-state index < -0.39 is 44.3 Å². The average Bonchev–Trinajstić information content (AvgIpc) is 2.76. The lowest BCUT2D eigenvalue weighted by molar-refractivity contribution is -0.139. The molecule has 36 heavy (non-hydrogen) atoms. The van der Waals surface area contributed by atoms with Crippen molar-refractivity contribution < 1.29 is 27.5 Å². The van der Waals surface area contributed by atoms with Gasteiger partial charge in [0.15, 0.2) is 0 Å². The van der Waals surface area contributed by atoms with Crippen molar-refractivity contribution in [1.29, 1.82) is 0 Å². The zero-order chi connectivity index (χ0) is 27.1. The molecular formula is C22H33Cl2N5O6S. The summed E-state index contributed by atoms with van der Waals surface area (Å²) >= 11 is 11.9. The Morgan fingerprint density at radius 1 is 1.19 bits per heavy atom. The lowest BCUT2D eigenvalue weighted by atomic mass is 10.2. The van der Waals surface area contributed by atoms with Gasteiger partial charge >= 0.3 is 6.09 Å². The quantitative estimate of drug-likeness (QED) is 0.251. The molecule has 4 N–H and O–H groups in total. The van der Waals surface area contributed by atoms with E-state index in [0.29, 0.717) is 24.9 Å². The number of rotatable bonds is 10. The minimum Gasteiger partial charge on any atom is -0.444 e. The maximum absolute atomic E-state index is 12.8. The van der Waals surface area contributed by atoms with Crippen molar-refractivity contribution in [3.05, 3.63) is 23.8 Å². The summed E-state index contributed by atoms with van der Waals surface area (Å²) in [6.07, 6.45) is 0.517. The van der Waals surface area contributed by atoms with Crippen molar-refractivity contribution in [3.8, 4) is 0 Å². The van der Waals surface area contributed by atoms with Crippen molar-refractivity contribution in [1.82, 2.24) is 20.5 Å². The van der Waals surface area contributed by atoms with E-state index in [1.807, 2.05) is 0 Å². The summed E-state index contributed by atoms with van der Waals surface area (Å²) in [6.45, 7) is 7.36. The van der Waals surface area contributed by atoms with E-state index in [1.165, 1.54) is 6.07 Å². The van der Waals surface area contributed by atoms with Gasteiger partial charge in [0.05, 0.1) is 10.3 Å². The second-order valence-electron chi connectivity index (χ2n) is 9.27. The predicted molar refractivity (Wildman–Crippen MR) is 137 cm³/mol. The Balaban J connectivity index is 1.87. The van der Waals surface area contributed by atoms with Crippen LogP contribution >= 0.6 is 23.2 Å². The van der Waals surface area contributed by atoms with Crippen LogP contribution in [0.1, 0.15) is 39.2 Å². The van der Waals surface area contributed by atoms with Gasteiger partial charge in [-0.2, -0.15) is 0 Å². The summed E-state index contributed by atoms with van der Waals surface area (Å²) in [5.41, 5.74) is 2.90. The second kappa shape index (κ2) is 12.9. The molecular weight excluding hydrogens is 533 g/mol. The van der Waals surface area contributed by atoms with E-state index in [2.05, 4.69) is 20.8 Å². The number of amides is 3. The molecule has 14 heteroatoms. The number of aryl methyl sites for hydroxylation is 1. The number of ether oxygens (including phenoxy) is 1. The number of nitrogens with zero attached hydrogens (tertiary/aromatic N) is 1. The Morgan fingerprint density at radius 2 is 1.86 bits per heavy atom. The highest BCUT2D eigenvalue weighted by Crippen LogP contribution is 2.21.